The van der Waals surface area contributed by atoms with Crippen molar-refractivity contribution in [1.82, 2.24) is 19.5 Å². The highest BCUT2D eigenvalue weighted by molar-refractivity contribution is 5.86. The molecule has 0 spiro atoms. The number of imidazole rings is 1. The lowest BCUT2D eigenvalue weighted by Gasteiger charge is -2.17. The number of hydrogen-bond acceptors (Lipinski definition) is 4. The van der Waals surface area contributed by atoms with Gasteiger partial charge in [-0.3, -0.25) is 4.57 Å². The van der Waals surface area contributed by atoms with Crippen molar-refractivity contribution >= 4 is 27.8 Å². The maximum absolute atomic E-state index is 4.71. The van der Waals surface area contributed by atoms with E-state index >= 15 is 0 Å². The molecule has 5 rings (SSSR count). The van der Waals surface area contributed by atoms with Gasteiger partial charge >= 0.3 is 0 Å². The van der Waals surface area contributed by atoms with Crippen LogP contribution in [0.5, 0.6) is 0 Å². The Kier molecular flexibility index (Phi) is 3.98. The monoisotopic (exact) mass is 365 g/mol. The van der Waals surface area contributed by atoms with E-state index in [1.54, 1.807) is 12.5 Å². The lowest BCUT2D eigenvalue weighted by molar-refractivity contribution is 0.861. The largest absolute Gasteiger partial charge is 0.348 e. The van der Waals surface area contributed by atoms with E-state index in [2.05, 4.69) is 64.7 Å². The van der Waals surface area contributed by atoms with Crippen LogP contribution in [-0.4, -0.2) is 19.5 Å². The molecular formula is C23H19N5. The van der Waals surface area contributed by atoms with Gasteiger partial charge in [-0.25, -0.2) is 9.97 Å². The summed E-state index contributed by atoms with van der Waals surface area (Å²) in [6.07, 6.45) is 3.57. The van der Waals surface area contributed by atoms with Crippen molar-refractivity contribution in [2.75, 3.05) is 5.32 Å². The van der Waals surface area contributed by atoms with Crippen molar-refractivity contribution in [2.24, 2.45) is 0 Å². The predicted molar refractivity (Wildman–Crippen MR) is 113 cm³/mol. The van der Waals surface area contributed by atoms with Gasteiger partial charge in [0, 0.05) is 6.20 Å². The van der Waals surface area contributed by atoms with Crippen molar-refractivity contribution in [3.8, 4) is 5.82 Å². The normalized spacial score (nSPS) is 12.3. The van der Waals surface area contributed by atoms with Crippen molar-refractivity contribution in [2.45, 2.75) is 13.0 Å². The fourth-order valence-electron chi connectivity index (χ4n) is 3.59. The Balaban J connectivity index is 1.48. The second kappa shape index (κ2) is 6.78. The average Bonchev–Trinajstić information content (AvgIpc) is 3.18. The van der Waals surface area contributed by atoms with Gasteiger partial charge in [0.05, 0.1) is 17.1 Å². The van der Waals surface area contributed by atoms with Crippen LogP contribution in [0.3, 0.4) is 0 Å². The van der Waals surface area contributed by atoms with Gasteiger partial charge < -0.3 is 5.32 Å². The highest BCUT2D eigenvalue weighted by atomic mass is 15.2. The van der Waals surface area contributed by atoms with Crippen LogP contribution in [0.15, 0.2) is 85.3 Å². The Hall–Kier alpha value is -3.73. The minimum absolute atomic E-state index is 0.0703. The van der Waals surface area contributed by atoms with Crippen molar-refractivity contribution in [3.05, 3.63) is 90.9 Å². The SMILES string of the molecule is CC(Nc1nccc(-n2cnc3ccccc32)n1)c1cccc2ccccc12. The van der Waals surface area contributed by atoms with Crippen LogP contribution >= 0.6 is 0 Å². The molecule has 0 aliphatic carbocycles. The first kappa shape index (κ1) is 16.4. The molecule has 5 nitrogen and oxygen atoms in total. The van der Waals surface area contributed by atoms with Crippen LogP contribution in [0, 0.1) is 0 Å². The van der Waals surface area contributed by atoms with Crippen LogP contribution in [0.1, 0.15) is 18.5 Å². The molecule has 136 valence electrons. The smallest absolute Gasteiger partial charge is 0.225 e. The third-order valence-corrected chi connectivity index (χ3v) is 4.98. The number of para-hydroxylation sites is 2. The fraction of sp³-hybridized carbons (Fsp3) is 0.0870. The molecule has 0 aliphatic rings. The molecule has 28 heavy (non-hydrogen) atoms. The number of anilines is 1. The number of aromatic nitrogens is 4. The molecule has 0 aliphatic heterocycles. The lowest BCUT2D eigenvalue weighted by atomic mass is 10.00. The van der Waals surface area contributed by atoms with Crippen molar-refractivity contribution in [1.29, 1.82) is 0 Å². The van der Waals surface area contributed by atoms with Crippen LogP contribution < -0.4 is 5.32 Å². The number of benzene rings is 3. The summed E-state index contributed by atoms with van der Waals surface area (Å²) in [5.41, 5.74) is 3.19. The molecule has 0 saturated heterocycles. The van der Waals surface area contributed by atoms with Gasteiger partial charge in [-0.1, -0.05) is 54.6 Å². The van der Waals surface area contributed by atoms with E-state index in [1.807, 2.05) is 34.9 Å². The molecule has 0 bridgehead atoms. The van der Waals surface area contributed by atoms with Crippen LogP contribution in [-0.2, 0) is 0 Å². The molecule has 1 N–H and O–H groups in total. The van der Waals surface area contributed by atoms with Crippen LogP contribution in [0.2, 0.25) is 0 Å². The van der Waals surface area contributed by atoms with E-state index in [9.17, 15) is 0 Å². The number of rotatable bonds is 4. The summed E-state index contributed by atoms with van der Waals surface area (Å²) in [6.45, 7) is 2.13. The van der Waals surface area contributed by atoms with Crippen LogP contribution in [0.4, 0.5) is 5.95 Å². The first-order chi connectivity index (χ1) is 13.8. The van der Waals surface area contributed by atoms with E-state index in [1.165, 1.54) is 16.3 Å². The summed E-state index contributed by atoms with van der Waals surface area (Å²) in [7, 11) is 0. The molecule has 0 amide bonds. The fourth-order valence-corrected chi connectivity index (χ4v) is 3.59. The molecule has 2 heterocycles. The van der Waals surface area contributed by atoms with Gasteiger partial charge in [0.1, 0.15) is 12.1 Å². The summed E-state index contributed by atoms with van der Waals surface area (Å²) in [4.78, 5) is 13.6. The molecule has 0 saturated carbocycles. The molecule has 5 aromatic rings. The standard InChI is InChI=1S/C23H19N5/c1-16(18-10-6-8-17-7-2-3-9-19(17)18)26-23-24-14-13-22(27-23)28-15-25-20-11-4-5-12-21(20)28/h2-16H,1H3,(H,24,26,27). The zero-order valence-electron chi connectivity index (χ0n) is 15.4. The molecule has 5 heteroatoms. The predicted octanol–water partition coefficient (Wildman–Crippen LogP) is 5.14. The van der Waals surface area contributed by atoms with Crippen LogP contribution in [0.25, 0.3) is 27.6 Å². The van der Waals surface area contributed by atoms with E-state index in [0.717, 1.165) is 16.9 Å². The third-order valence-electron chi connectivity index (χ3n) is 4.98. The maximum atomic E-state index is 4.71. The zero-order valence-corrected chi connectivity index (χ0v) is 15.4. The quantitative estimate of drug-likeness (QED) is 0.479. The van der Waals surface area contributed by atoms with Gasteiger partial charge in [-0.2, -0.15) is 4.98 Å². The van der Waals surface area contributed by atoms with Gasteiger partial charge in [-0.15, -0.1) is 0 Å². The Bertz CT molecular complexity index is 1270. The van der Waals surface area contributed by atoms with Crippen molar-refractivity contribution < 1.29 is 0 Å². The summed E-state index contributed by atoms with van der Waals surface area (Å²) in [6, 6.07) is 24.8. The van der Waals surface area contributed by atoms with E-state index in [-0.39, 0.29) is 6.04 Å². The second-order valence-corrected chi connectivity index (χ2v) is 6.78. The Morgan fingerprint density at radius 2 is 1.68 bits per heavy atom. The molecule has 1 unspecified atom stereocenters. The average molecular weight is 365 g/mol. The lowest BCUT2D eigenvalue weighted by Crippen LogP contribution is -2.11. The zero-order chi connectivity index (χ0) is 18.9. The number of nitrogens with zero attached hydrogens (tertiary/aromatic N) is 4. The van der Waals surface area contributed by atoms with Gasteiger partial charge in [-0.05, 0) is 41.5 Å². The van der Waals surface area contributed by atoms with Gasteiger partial charge in [0.15, 0.2) is 0 Å². The molecule has 0 radical (unpaired) electrons. The number of nitrogens with one attached hydrogen (secondary N) is 1. The number of fused-ring (bicyclic) bond motifs is 2. The second-order valence-electron chi connectivity index (χ2n) is 6.78. The Morgan fingerprint density at radius 3 is 2.64 bits per heavy atom. The first-order valence-corrected chi connectivity index (χ1v) is 9.29. The summed E-state index contributed by atoms with van der Waals surface area (Å²) < 4.78 is 1.98. The maximum Gasteiger partial charge on any atom is 0.225 e. The highest BCUT2D eigenvalue weighted by Crippen LogP contribution is 2.26. The molecule has 0 fully saturated rings. The molecule has 1 atom stereocenters. The first-order valence-electron chi connectivity index (χ1n) is 9.29. The molecular weight excluding hydrogens is 346 g/mol. The highest BCUT2D eigenvalue weighted by Gasteiger charge is 2.12. The number of hydrogen-bond donors (Lipinski definition) is 1. The van der Waals surface area contributed by atoms with Gasteiger partial charge in [0.2, 0.25) is 5.95 Å². The Morgan fingerprint density at radius 1 is 0.857 bits per heavy atom. The summed E-state index contributed by atoms with van der Waals surface area (Å²) in [5.74, 6) is 1.38. The third kappa shape index (κ3) is 2.87. The van der Waals surface area contributed by atoms with E-state index in [4.69, 9.17) is 4.98 Å². The topological polar surface area (TPSA) is 55.6 Å². The van der Waals surface area contributed by atoms with E-state index < -0.39 is 0 Å². The van der Waals surface area contributed by atoms with Crippen molar-refractivity contribution in [3.63, 3.8) is 0 Å². The minimum Gasteiger partial charge on any atom is -0.348 e. The summed E-state index contributed by atoms with van der Waals surface area (Å²) in [5, 5.41) is 5.91. The molecule has 2 aromatic heterocycles. The van der Waals surface area contributed by atoms with Gasteiger partial charge in [0.25, 0.3) is 0 Å². The molecule has 3 aromatic carbocycles. The Labute approximate surface area is 162 Å². The van der Waals surface area contributed by atoms with E-state index in [0.29, 0.717) is 5.95 Å². The summed E-state index contributed by atoms with van der Waals surface area (Å²) >= 11 is 0. The minimum atomic E-state index is 0.0703.